The van der Waals surface area contributed by atoms with E-state index in [0.29, 0.717) is 6.04 Å². The molecule has 0 aromatic carbocycles. The van der Waals surface area contributed by atoms with Crippen LogP contribution in [0.15, 0.2) is 12.4 Å². The van der Waals surface area contributed by atoms with Gasteiger partial charge in [-0.2, -0.15) is 5.10 Å². The monoisotopic (exact) mass is 251 g/mol. The molecule has 1 heterocycles. The Morgan fingerprint density at radius 1 is 1.17 bits per heavy atom. The van der Waals surface area contributed by atoms with E-state index >= 15 is 0 Å². The van der Waals surface area contributed by atoms with E-state index in [1.807, 2.05) is 13.2 Å². The molecule has 0 bridgehead atoms. The van der Waals surface area contributed by atoms with Crippen LogP contribution in [0.2, 0.25) is 0 Å². The summed E-state index contributed by atoms with van der Waals surface area (Å²) in [4.78, 5) is 0. The summed E-state index contributed by atoms with van der Waals surface area (Å²) in [5.74, 6) is 0. The molecule has 1 atom stereocenters. The van der Waals surface area contributed by atoms with Crippen LogP contribution in [0.4, 0.5) is 0 Å². The summed E-state index contributed by atoms with van der Waals surface area (Å²) in [6.07, 6.45) is 13.6. The second-order valence-electron chi connectivity index (χ2n) is 5.17. The minimum absolute atomic E-state index is 0.396. The Morgan fingerprint density at radius 2 is 1.83 bits per heavy atom. The van der Waals surface area contributed by atoms with Gasteiger partial charge in [-0.3, -0.25) is 4.68 Å². The van der Waals surface area contributed by atoms with E-state index < -0.39 is 0 Å². The predicted octanol–water partition coefficient (Wildman–Crippen LogP) is 3.91. The third kappa shape index (κ3) is 5.67. The third-order valence-corrected chi connectivity index (χ3v) is 3.58. The zero-order valence-electron chi connectivity index (χ0n) is 12.3. The van der Waals surface area contributed by atoms with E-state index in [1.165, 1.54) is 50.5 Å². The standard InChI is InChI=1S/C15H29N3/c1-4-5-6-7-8-9-10-11-18-13-15(12-17-18)14(2)16-3/h12-14,16H,4-11H2,1-3H3. The van der Waals surface area contributed by atoms with Crippen LogP contribution in [0, 0.1) is 0 Å². The summed E-state index contributed by atoms with van der Waals surface area (Å²) >= 11 is 0. The smallest absolute Gasteiger partial charge is 0.0537 e. The second kappa shape index (κ2) is 9.15. The number of hydrogen-bond acceptors (Lipinski definition) is 2. The summed E-state index contributed by atoms with van der Waals surface area (Å²) in [5, 5.41) is 7.65. The molecule has 0 spiro atoms. The molecule has 0 saturated carbocycles. The minimum Gasteiger partial charge on any atom is -0.313 e. The second-order valence-corrected chi connectivity index (χ2v) is 5.17. The first kappa shape index (κ1) is 15.2. The van der Waals surface area contributed by atoms with Gasteiger partial charge in [0.2, 0.25) is 0 Å². The number of hydrogen-bond donors (Lipinski definition) is 1. The molecule has 1 unspecified atom stereocenters. The van der Waals surface area contributed by atoms with Crippen molar-refractivity contribution in [3.05, 3.63) is 18.0 Å². The maximum absolute atomic E-state index is 4.41. The fourth-order valence-corrected chi connectivity index (χ4v) is 2.12. The van der Waals surface area contributed by atoms with Crippen LogP contribution in [-0.2, 0) is 6.54 Å². The van der Waals surface area contributed by atoms with Gasteiger partial charge in [0.25, 0.3) is 0 Å². The van der Waals surface area contributed by atoms with Crippen LogP contribution in [0.3, 0.4) is 0 Å². The van der Waals surface area contributed by atoms with E-state index in [1.54, 1.807) is 0 Å². The van der Waals surface area contributed by atoms with Crippen LogP contribution in [0.1, 0.15) is 70.4 Å². The largest absolute Gasteiger partial charge is 0.313 e. The van der Waals surface area contributed by atoms with Crippen LogP contribution in [0.25, 0.3) is 0 Å². The van der Waals surface area contributed by atoms with Crippen molar-refractivity contribution in [2.24, 2.45) is 0 Å². The molecule has 0 radical (unpaired) electrons. The van der Waals surface area contributed by atoms with Crippen LogP contribution in [0.5, 0.6) is 0 Å². The SMILES string of the molecule is CCCCCCCCCn1cc(C(C)NC)cn1. The molecule has 0 aliphatic rings. The summed E-state index contributed by atoms with van der Waals surface area (Å²) < 4.78 is 2.08. The summed E-state index contributed by atoms with van der Waals surface area (Å²) in [5.41, 5.74) is 1.28. The fourth-order valence-electron chi connectivity index (χ4n) is 2.12. The summed E-state index contributed by atoms with van der Waals surface area (Å²) in [6, 6.07) is 0.396. The average molecular weight is 251 g/mol. The van der Waals surface area contributed by atoms with Gasteiger partial charge in [-0.1, -0.05) is 45.4 Å². The molecule has 1 rings (SSSR count). The molecule has 18 heavy (non-hydrogen) atoms. The van der Waals surface area contributed by atoms with Gasteiger partial charge in [0.15, 0.2) is 0 Å². The fraction of sp³-hybridized carbons (Fsp3) is 0.800. The molecule has 104 valence electrons. The Balaban J connectivity index is 2.10. The zero-order valence-corrected chi connectivity index (χ0v) is 12.3. The molecular weight excluding hydrogens is 222 g/mol. The van der Waals surface area contributed by atoms with Crippen molar-refractivity contribution in [2.45, 2.75) is 71.4 Å². The molecule has 1 N–H and O–H groups in total. The van der Waals surface area contributed by atoms with Crippen molar-refractivity contribution in [1.82, 2.24) is 15.1 Å². The molecule has 0 aliphatic carbocycles. The topological polar surface area (TPSA) is 29.9 Å². The first-order valence-corrected chi connectivity index (χ1v) is 7.47. The molecule has 3 nitrogen and oxygen atoms in total. The van der Waals surface area contributed by atoms with Gasteiger partial charge < -0.3 is 5.32 Å². The highest BCUT2D eigenvalue weighted by Crippen LogP contribution is 2.11. The number of rotatable bonds is 10. The number of nitrogens with one attached hydrogen (secondary N) is 1. The molecule has 1 aromatic rings. The van der Waals surface area contributed by atoms with Crippen molar-refractivity contribution >= 4 is 0 Å². The van der Waals surface area contributed by atoms with Crippen molar-refractivity contribution in [1.29, 1.82) is 0 Å². The van der Waals surface area contributed by atoms with Gasteiger partial charge in [-0.05, 0) is 20.4 Å². The van der Waals surface area contributed by atoms with Crippen molar-refractivity contribution in [2.75, 3.05) is 7.05 Å². The lowest BCUT2D eigenvalue weighted by molar-refractivity contribution is 0.522. The molecule has 0 aliphatic heterocycles. The highest BCUT2D eigenvalue weighted by molar-refractivity contribution is 5.08. The van der Waals surface area contributed by atoms with Gasteiger partial charge in [0, 0.05) is 24.3 Å². The lowest BCUT2D eigenvalue weighted by atomic mass is 10.1. The Labute approximate surface area is 112 Å². The van der Waals surface area contributed by atoms with Gasteiger partial charge in [0.1, 0.15) is 0 Å². The van der Waals surface area contributed by atoms with Crippen LogP contribution >= 0.6 is 0 Å². The van der Waals surface area contributed by atoms with E-state index in [-0.39, 0.29) is 0 Å². The van der Waals surface area contributed by atoms with Crippen LogP contribution in [-0.4, -0.2) is 16.8 Å². The van der Waals surface area contributed by atoms with Gasteiger partial charge in [0.05, 0.1) is 6.20 Å². The lowest BCUT2D eigenvalue weighted by Crippen LogP contribution is -2.11. The molecule has 0 fully saturated rings. The van der Waals surface area contributed by atoms with Crippen molar-refractivity contribution in [3.8, 4) is 0 Å². The number of unbranched alkanes of at least 4 members (excludes halogenated alkanes) is 6. The first-order chi connectivity index (χ1) is 8.77. The highest BCUT2D eigenvalue weighted by Gasteiger charge is 2.04. The molecule has 1 aromatic heterocycles. The maximum Gasteiger partial charge on any atom is 0.0537 e. The average Bonchev–Trinajstić information content (AvgIpc) is 2.85. The molecular formula is C15H29N3. The Kier molecular flexibility index (Phi) is 7.74. The molecule has 0 saturated heterocycles. The quantitative estimate of drug-likeness (QED) is 0.639. The third-order valence-electron chi connectivity index (χ3n) is 3.58. The first-order valence-electron chi connectivity index (χ1n) is 7.47. The number of aryl methyl sites for hydroxylation is 1. The Bertz CT molecular complexity index is 306. The van der Waals surface area contributed by atoms with Gasteiger partial charge in [-0.25, -0.2) is 0 Å². The predicted molar refractivity (Wildman–Crippen MR) is 77.7 cm³/mol. The summed E-state index contributed by atoms with van der Waals surface area (Å²) in [7, 11) is 1.98. The number of nitrogens with zero attached hydrogens (tertiary/aromatic N) is 2. The minimum atomic E-state index is 0.396. The maximum atomic E-state index is 4.41. The van der Waals surface area contributed by atoms with E-state index in [4.69, 9.17) is 0 Å². The Hall–Kier alpha value is -0.830. The zero-order chi connectivity index (χ0) is 13.2. The van der Waals surface area contributed by atoms with E-state index in [9.17, 15) is 0 Å². The van der Waals surface area contributed by atoms with Crippen LogP contribution < -0.4 is 5.32 Å². The normalized spacial score (nSPS) is 12.8. The van der Waals surface area contributed by atoms with Crippen molar-refractivity contribution in [3.63, 3.8) is 0 Å². The van der Waals surface area contributed by atoms with E-state index in [0.717, 1.165) is 6.54 Å². The summed E-state index contributed by atoms with van der Waals surface area (Å²) in [6.45, 7) is 5.49. The molecule has 0 amide bonds. The lowest BCUT2D eigenvalue weighted by Gasteiger charge is -2.06. The van der Waals surface area contributed by atoms with E-state index in [2.05, 4.69) is 35.1 Å². The van der Waals surface area contributed by atoms with Gasteiger partial charge >= 0.3 is 0 Å². The Morgan fingerprint density at radius 3 is 2.50 bits per heavy atom. The van der Waals surface area contributed by atoms with Crippen molar-refractivity contribution < 1.29 is 0 Å². The highest BCUT2D eigenvalue weighted by atomic mass is 15.3. The van der Waals surface area contributed by atoms with Gasteiger partial charge in [-0.15, -0.1) is 0 Å². The number of aromatic nitrogens is 2. The molecule has 3 heteroatoms.